The van der Waals surface area contributed by atoms with E-state index in [1.54, 1.807) is 0 Å². The predicted octanol–water partition coefficient (Wildman–Crippen LogP) is 3.81. The Labute approximate surface area is 130 Å². The van der Waals surface area contributed by atoms with Crippen LogP contribution in [0, 0.1) is 5.92 Å². The molecule has 1 N–H and O–H groups in total. The summed E-state index contributed by atoms with van der Waals surface area (Å²) in [6, 6.07) is -0.438. The van der Waals surface area contributed by atoms with E-state index in [0.29, 0.717) is 5.92 Å². The summed E-state index contributed by atoms with van der Waals surface area (Å²) in [5.74, 6) is 0.549. The summed E-state index contributed by atoms with van der Waals surface area (Å²) in [7, 11) is 0. The van der Waals surface area contributed by atoms with Gasteiger partial charge >= 0.3 is 6.09 Å². The molecule has 5 heteroatoms. The quantitative estimate of drug-likeness (QED) is 0.769. The van der Waals surface area contributed by atoms with Crippen LogP contribution in [0.25, 0.3) is 0 Å². The molecule has 1 atom stereocenters. The van der Waals surface area contributed by atoms with Crippen LogP contribution in [0.15, 0.2) is 0 Å². The van der Waals surface area contributed by atoms with E-state index in [-0.39, 0.29) is 11.1 Å². The molecule has 1 rings (SSSR count). The fraction of sp³-hybridized carbons (Fsp3) is 0.867. The zero-order valence-corrected chi connectivity index (χ0v) is 14.3. The molecule has 0 aromatic heterocycles. The highest BCUT2D eigenvalue weighted by Gasteiger charge is 2.27. The van der Waals surface area contributed by atoms with Gasteiger partial charge in [-0.25, -0.2) is 4.79 Å². The molecule has 20 heavy (non-hydrogen) atoms. The number of hydrogen-bond donors (Lipinski definition) is 1. The number of amides is 1. The molecule has 0 aliphatic heterocycles. The molecular weight excluding hydrogens is 322 g/mol. The van der Waals surface area contributed by atoms with E-state index in [9.17, 15) is 9.59 Å². The number of ether oxygens (including phenoxy) is 1. The number of halogens is 1. The standard InChI is InChI=1S/C15H26BrNO3/c1-15(2,3)20-14(19)17-12(13(18)10-16)9-11-7-5-4-6-8-11/h11-12H,4-10H2,1-3H3,(H,17,19)/t12-/m1/s1. The van der Waals surface area contributed by atoms with Crippen LogP contribution in [0.4, 0.5) is 4.79 Å². The second kappa shape index (κ2) is 8.01. The Balaban J connectivity index is 2.55. The van der Waals surface area contributed by atoms with E-state index >= 15 is 0 Å². The van der Waals surface area contributed by atoms with Crippen LogP contribution in [0.5, 0.6) is 0 Å². The number of hydrogen-bond acceptors (Lipinski definition) is 3. The van der Waals surface area contributed by atoms with Crippen molar-refractivity contribution in [2.75, 3.05) is 5.33 Å². The second-order valence-corrected chi connectivity index (χ2v) is 7.10. The lowest BCUT2D eigenvalue weighted by atomic mass is 9.84. The average molecular weight is 348 g/mol. The van der Waals surface area contributed by atoms with Gasteiger partial charge in [0.25, 0.3) is 0 Å². The minimum atomic E-state index is -0.545. The number of rotatable bonds is 5. The van der Waals surface area contributed by atoms with Crippen LogP contribution in [-0.2, 0) is 9.53 Å². The molecule has 116 valence electrons. The number of alkyl carbamates (subject to hydrolysis) is 1. The van der Waals surface area contributed by atoms with E-state index in [4.69, 9.17) is 4.74 Å². The van der Waals surface area contributed by atoms with E-state index in [0.717, 1.165) is 19.3 Å². The summed E-state index contributed by atoms with van der Waals surface area (Å²) < 4.78 is 5.23. The van der Waals surface area contributed by atoms with Gasteiger partial charge in [0.05, 0.1) is 11.4 Å². The predicted molar refractivity (Wildman–Crippen MR) is 83.2 cm³/mol. The van der Waals surface area contributed by atoms with Crippen LogP contribution < -0.4 is 5.32 Å². The average Bonchev–Trinajstić information content (AvgIpc) is 2.36. The highest BCUT2D eigenvalue weighted by Crippen LogP contribution is 2.27. The van der Waals surface area contributed by atoms with Gasteiger partial charge in [-0.1, -0.05) is 48.0 Å². The first-order chi connectivity index (χ1) is 9.31. The molecule has 0 unspecified atom stereocenters. The van der Waals surface area contributed by atoms with Crippen LogP contribution in [-0.4, -0.2) is 28.8 Å². The number of ketones is 1. The molecule has 1 aliphatic rings. The summed E-state index contributed by atoms with van der Waals surface area (Å²) in [5, 5.41) is 2.99. The van der Waals surface area contributed by atoms with E-state index in [2.05, 4.69) is 21.2 Å². The topological polar surface area (TPSA) is 55.4 Å². The zero-order valence-electron chi connectivity index (χ0n) is 12.7. The van der Waals surface area contributed by atoms with Crippen LogP contribution in [0.3, 0.4) is 0 Å². The van der Waals surface area contributed by atoms with Crippen molar-refractivity contribution in [2.45, 2.75) is 70.9 Å². The van der Waals surface area contributed by atoms with Crippen molar-refractivity contribution in [1.29, 1.82) is 0 Å². The molecule has 4 nitrogen and oxygen atoms in total. The molecular formula is C15H26BrNO3. The van der Waals surface area contributed by atoms with Gasteiger partial charge < -0.3 is 10.1 Å². The highest BCUT2D eigenvalue weighted by molar-refractivity contribution is 9.09. The third-order valence-electron chi connectivity index (χ3n) is 3.51. The van der Waals surface area contributed by atoms with Crippen molar-refractivity contribution in [2.24, 2.45) is 5.92 Å². The Kier molecular flexibility index (Phi) is 7.00. The molecule has 1 saturated carbocycles. The normalized spacial score (nSPS) is 18.4. The first kappa shape index (κ1) is 17.5. The van der Waals surface area contributed by atoms with Crippen LogP contribution in [0.1, 0.15) is 59.3 Å². The Morgan fingerprint density at radius 2 is 1.85 bits per heavy atom. The van der Waals surface area contributed by atoms with Gasteiger partial charge in [-0.3, -0.25) is 4.79 Å². The Morgan fingerprint density at radius 1 is 1.25 bits per heavy atom. The Hall–Kier alpha value is -0.580. The lowest BCUT2D eigenvalue weighted by molar-refractivity contribution is -0.119. The molecule has 0 heterocycles. The van der Waals surface area contributed by atoms with Gasteiger partial charge in [0.1, 0.15) is 5.60 Å². The molecule has 0 bridgehead atoms. The van der Waals surface area contributed by atoms with Crippen molar-refractivity contribution < 1.29 is 14.3 Å². The molecule has 0 aromatic rings. The molecule has 0 radical (unpaired) electrons. The minimum Gasteiger partial charge on any atom is -0.444 e. The second-order valence-electron chi connectivity index (χ2n) is 6.54. The summed E-state index contributed by atoms with van der Waals surface area (Å²) in [5.41, 5.74) is -0.545. The largest absolute Gasteiger partial charge is 0.444 e. The summed E-state index contributed by atoms with van der Waals surface area (Å²) in [6.07, 6.45) is 6.27. The first-order valence-electron chi connectivity index (χ1n) is 7.40. The van der Waals surface area contributed by atoms with Gasteiger partial charge in [-0.05, 0) is 33.1 Å². The van der Waals surface area contributed by atoms with E-state index < -0.39 is 17.7 Å². The summed E-state index contributed by atoms with van der Waals surface area (Å²) in [6.45, 7) is 5.44. The van der Waals surface area contributed by atoms with E-state index in [1.807, 2.05) is 20.8 Å². The van der Waals surface area contributed by atoms with Crippen molar-refractivity contribution in [1.82, 2.24) is 5.32 Å². The van der Waals surface area contributed by atoms with Crippen LogP contribution >= 0.6 is 15.9 Å². The Bertz CT molecular complexity index is 333. The Morgan fingerprint density at radius 3 is 2.35 bits per heavy atom. The fourth-order valence-electron chi connectivity index (χ4n) is 2.57. The lowest BCUT2D eigenvalue weighted by Crippen LogP contribution is -2.45. The molecule has 0 spiro atoms. The van der Waals surface area contributed by atoms with Gasteiger partial charge in [0.15, 0.2) is 5.78 Å². The minimum absolute atomic E-state index is 0.0152. The van der Waals surface area contributed by atoms with Gasteiger partial charge in [0.2, 0.25) is 0 Å². The van der Waals surface area contributed by atoms with E-state index in [1.165, 1.54) is 19.3 Å². The molecule has 0 aromatic carbocycles. The maximum atomic E-state index is 12.0. The molecule has 1 amide bonds. The van der Waals surface area contributed by atoms with Gasteiger partial charge in [-0.15, -0.1) is 0 Å². The molecule has 1 aliphatic carbocycles. The zero-order chi connectivity index (χ0) is 15.2. The monoisotopic (exact) mass is 347 g/mol. The fourth-order valence-corrected chi connectivity index (χ4v) is 2.96. The van der Waals surface area contributed by atoms with Crippen molar-refractivity contribution in [3.8, 4) is 0 Å². The van der Waals surface area contributed by atoms with Crippen molar-refractivity contribution in [3.63, 3.8) is 0 Å². The number of Topliss-reactive ketones (excluding diaryl/α,β-unsaturated/α-hetero) is 1. The van der Waals surface area contributed by atoms with Gasteiger partial charge in [-0.2, -0.15) is 0 Å². The smallest absolute Gasteiger partial charge is 0.408 e. The van der Waals surface area contributed by atoms with Crippen molar-refractivity contribution in [3.05, 3.63) is 0 Å². The number of carbonyl (C=O) groups is 2. The third kappa shape index (κ3) is 6.73. The van der Waals surface area contributed by atoms with Crippen LogP contribution in [0.2, 0.25) is 0 Å². The van der Waals surface area contributed by atoms with Gasteiger partial charge in [0, 0.05) is 0 Å². The maximum Gasteiger partial charge on any atom is 0.408 e. The maximum absolute atomic E-state index is 12.0. The number of carbonyl (C=O) groups excluding carboxylic acids is 2. The third-order valence-corrected chi connectivity index (χ3v) is 4.06. The molecule has 1 fully saturated rings. The lowest BCUT2D eigenvalue weighted by Gasteiger charge is -2.27. The number of alkyl halides is 1. The first-order valence-corrected chi connectivity index (χ1v) is 8.52. The SMILES string of the molecule is CC(C)(C)OC(=O)N[C@H](CC1CCCCC1)C(=O)CBr. The van der Waals surface area contributed by atoms with Crippen molar-refractivity contribution >= 4 is 27.8 Å². The number of nitrogens with one attached hydrogen (secondary N) is 1. The molecule has 0 saturated heterocycles. The highest BCUT2D eigenvalue weighted by atomic mass is 79.9. The summed E-state index contributed by atoms with van der Waals surface area (Å²) in [4.78, 5) is 23.8. The summed E-state index contributed by atoms with van der Waals surface area (Å²) >= 11 is 3.19.